The molecule has 0 spiro atoms. The predicted octanol–water partition coefficient (Wildman–Crippen LogP) is 4.83. The van der Waals surface area contributed by atoms with E-state index in [1.807, 2.05) is 0 Å². The lowest BCUT2D eigenvalue weighted by atomic mass is 9.97. The Kier molecular flexibility index (Phi) is 5.29. The first-order valence-corrected chi connectivity index (χ1v) is 10.3. The molecule has 2 heterocycles. The number of amides is 1. The SMILES string of the molecule is Nc1ccc(C(=O)N2CCC(c3nc4cc(C(F)(F)F)ccc4s3)CC2)cc1[N+](=O)[O-]. The number of nitro groups is 1. The summed E-state index contributed by atoms with van der Waals surface area (Å²) in [6.45, 7) is 0.844. The van der Waals surface area contributed by atoms with E-state index >= 15 is 0 Å². The molecule has 7 nitrogen and oxygen atoms in total. The monoisotopic (exact) mass is 450 g/mol. The Hall–Kier alpha value is -3.21. The number of alkyl halides is 3. The van der Waals surface area contributed by atoms with Crippen molar-refractivity contribution in [3.05, 3.63) is 62.6 Å². The Balaban J connectivity index is 1.47. The number of nitrogens with zero attached hydrogens (tertiary/aromatic N) is 3. The number of piperidine rings is 1. The number of nitrogens with two attached hydrogens (primary N) is 1. The Morgan fingerprint density at radius 2 is 1.90 bits per heavy atom. The normalized spacial score (nSPS) is 15.4. The third-order valence-corrected chi connectivity index (χ3v) is 6.54. The number of nitrogen functional groups attached to an aromatic ring is 1. The van der Waals surface area contributed by atoms with Crippen LogP contribution in [0.15, 0.2) is 36.4 Å². The van der Waals surface area contributed by atoms with Crippen LogP contribution in [0.4, 0.5) is 24.5 Å². The molecule has 1 amide bonds. The van der Waals surface area contributed by atoms with Gasteiger partial charge in [0.25, 0.3) is 11.6 Å². The predicted molar refractivity (Wildman–Crippen MR) is 110 cm³/mol. The second kappa shape index (κ2) is 7.80. The summed E-state index contributed by atoms with van der Waals surface area (Å²) in [4.78, 5) is 29.2. The fourth-order valence-electron chi connectivity index (χ4n) is 3.64. The van der Waals surface area contributed by atoms with Crippen molar-refractivity contribution >= 4 is 38.8 Å². The molecule has 3 aromatic rings. The lowest BCUT2D eigenvalue weighted by molar-refractivity contribution is -0.383. The van der Waals surface area contributed by atoms with Crippen LogP contribution < -0.4 is 5.73 Å². The van der Waals surface area contributed by atoms with E-state index in [-0.39, 0.29) is 28.8 Å². The minimum Gasteiger partial charge on any atom is -0.393 e. The van der Waals surface area contributed by atoms with E-state index in [0.717, 1.165) is 17.1 Å². The van der Waals surface area contributed by atoms with Gasteiger partial charge in [-0.2, -0.15) is 13.2 Å². The summed E-state index contributed by atoms with van der Waals surface area (Å²) in [6.07, 6.45) is -3.20. The molecule has 0 unspecified atom stereocenters. The van der Waals surface area contributed by atoms with Gasteiger partial charge in [-0.1, -0.05) is 0 Å². The number of hydrogen-bond donors (Lipinski definition) is 1. The number of nitro benzene ring substituents is 1. The minimum atomic E-state index is -4.42. The van der Waals surface area contributed by atoms with Gasteiger partial charge in [-0.15, -0.1) is 11.3 Å². The molecule has 1 aromatic heterocycles. The lowest BCUT2D eigenvalue weighted by Crippen LogP contribution is -2.37. The number of aromatic nitrogens is 1. The third kappa shape index (κ3) is 4.18. The lowest BCUT2D eigenvalue weighted by Gasteiger charge is -2.31. The maximum atomic E-state index is 12.9. The molecule has 1 aliphatic heterocycles. The van der Waals surface area contributed by atoms with Crippen LogP contribution in [0.1, 0.15) is 39.7 Å². The average molecular weight is 450 g/mol. The molecule has 31 heavy (non-hydrogen) atoms. The van der Waals surface area contributed by atoms with E-state index in [0.29, 0.717) is 36.1 Å². The van der Waals surface area contributed by atoms with E-state index in [2.05, 4.69) is 4.98 Å². The third-order valence-electron chi connectivity index (χ3n) is 5.34. The highest BCUT2D eigenvalue weighted by atomic mass is 32.1. The second-order valence-electron chi connectivity index (χ2n) is 7.33. The number of thiazole rings is 1. The van der Waals surface area contributed by atoms with E-state index in [9.17, 15) is 28.1 Å². The number of benzene rings is 2. The molecule has 0 aliphatic carbocycles. The average Bonchev–Trinajstić information content (AvgIpc) is 3.16. The van der Waals surface area contributed by atoms with Crippen molar-refractivity contribution < 1.29 is 22.9 Å². The molecule has 0 bridgehead atoms. The fraction of sp³-hybridized carbons (Fsp3) is 0.300. The van der Waals surface area contributed by atoms with Crippen LogP contribution in [0.2, 0.25) is 0 Å². The van der Waals surface area contributed by atoms with Crippen LogP contribution >= 0.6 is 11.3 Å². The molecule has 1 saturated heterocycles. The molecular weight excluding hydrogens is 433 g/mol. The number of anilines is 1. The van der Waals surface area contributed by atoms with Crippen molar-refractivity contribution in [3.8, 4) is 0 Å². The van der Waals surface area contributed by atoms with Gasteiger partial charge in [0.15, 0.2) is 0 Å². The van der Waals surface area contributed by atoms with Gasteiger partial charge in [-0.3, -0.25) is 14.9 Å². The maximum absolute atomic E-state index is 12.9. The standard InChI is InChI=1S/C20H17F3N4O3S/c21-20(22,23)13-2-4-17-15(10-13)25-18(31-17)11-5-7-26(8-6-11)19(28)12-1-3-14(24)16(9-12)27(29)30/h1-4,9-11H,5-8,24H2. The molecule has 4 rings (SSSR count). The summed E-state index contributed by atoms with van der Waals surface area (Å²) in [5, 5.41) is 11.8. The Labute approximate surface area is 178 Å². The van der Waals surface area contributed by atoms with Gasteiger partial charge in [0.1, 0.15) is 5.69 Å². The first-order valence-electron chi connectivity index (χ1n) is 9.44. The molecule has 11 heteroatoms. The zero-order valence-electron chi connectivity index (χ0n) is 16.1. The summed E-state index contributed by atoms with van der Waals surface area (Å²) in [5.41, 5.74) is 5.05. The molecule has 2 aromatic carbocycles. The topological polar surface area (TPSA) is 102 Å². The van der Waals surface area contributed by atoms with Gasteiger partial charge in [0.2, 0.25) is 0 Å². The van der Waals surface area contributed by atoms with E-state index < -0.39 is 16.7 Å². The first-order chi connectivity index (χ1) is 14.6. The quantitative estimate of drug-likeness (QED) is 0.350. The second-order valence-corrected chi connectivity index (χ2v) is 8.39. The van der Waals surface area contributed by atoms with Crippen molar-refractivity contribution in [3.63, 3.8) is 0 Å². The summed E-state index contributed by atoms with van der Waals surface area (Å²) >= 11 is 1.37. The van der Waals surface area contributed by atoms with Crippen molar-refractivity contribution in [2.24, 2.45) is 0 Å². The number of carbonyl (C=O) groups excluding carboxylic acids is 1. The highest BCUT2D eigenvalue weighted by Crippen LogP contribution is 2.37. The number of carbonyl (C=O) groups is 1. The van der Waals surface area contributed by atoms with Crippen LogP contribution in [-0.4, -0.2) is 33.8 Å². The zero-order valence-corrected chi connectivity index (χ0v) is 16.9. The molecule has 0 radical (unpaired) electrons. The van der Waals surface area contributed by atoms with E-state index in [1.54, 1.807) is 4.90 Å². The minimum absolute atomic E-state index is 0.00947. The number of halogens is 3. The van der Waals surface area contributed by atoms with Crippen LogP contribution in [0, 0.1) is 10.1 Å². The van der Waals surface area contributed by atoms with Crippen LogP contribution in [0.25, 0.3) is 10.2 Å². The highest BCUT2D eigenvalue weighted by molar-refractivity contribution is 7.18. The largest absolute Gasteiger partial charge is 0.416 e. The van der Waals surface area contributed by atoms with Crippen molar-refractivity contribution in [1.82, 2.24) is 9.88 Å². The van der Waals surface area contributed by atoms with Crippen LogP contribution in [-0.2, 0) is 6.18 Å². The first kappa shape index (κ1) is 21.0. The van der Waals surface area contributed by atoms with Crippen LogP contribution in [0.3, 0.4) is 0 Å². The molecule has 0 saturated carbocycles. The maximum Gasteiger partial charge on any atom is 0.416 e. The summed E-state index contributed by atoms with van der Waals surface area (Å²) in [6, 6.07) is 7.53. The van der Waals surface area contributed by atoms with Gasteiger partial charge >= 0.3 is 6.18 Å². The van der Waals surface area contributed by atoms with Gasteiger partial charge in [0.05, 0.1) is 25.7 Å². The number of hydrogen-bond acceptors (Lipinski definition) is 6. The Morgan fingerprint density at radius 3 is 2.55 bits per heavy atom. The molecule has 1 fully saturated rings. The van der Waals surface area contributed by atoms with Gasteiger partial charge < -0.3 is 10.6 Å². The van der Waals surface area contributed by atoms with E-state index in [4.69, 9.17) is 5.73 Å². The van der Waals surface area contributed by atoms with Crippen LogP contribution in [0.5, 0.6) is 0 Å². The number of rotatable bonds is 3. The molecule has 162 valence electrons. The molecule has 1 aliphatic rings. The molecule has 0 atom stereocenters. The highest BCUT2D eigenvalue weighted by Gasteiger charge is 2.32. The summed E-state index contributed by atoms with van der Waals surface area (Å²) < 4.78 is 39.5. The van der Waals surface area contributed by atoms with Crippen molar-refractivity contribution in [2.45, 2.75) is 24.9 Å². The number of likely N-dealkylation sites (tertiary alicyclic amines) is 1. The zero-order chi connectivity index (χ0) is 22.3. The number of fused-ring (bicyclic) bond motifs is 1. The van der Waals surface area contributed by atoms with Gasteiger partial charge in [0, 0.05) is 30.6 Å². The molecular formula is C20H17F3N4O3S. The van der Waals surface area contributed by atoms with Gasteiger partial charge in [-0.05, 0) is 43.2 Å². The fourth-order valence-corrected chi connectivity index (χ4v) is 4.76. The van der Waals surface area contributed by atoms with Crippen molar-refractivity contribution in [2.75, 3.05) is 18.8 Å². The van der Waals surface area contributed by atoms with E-state index in [1.165, 1.54) is 35.6 Å². The Bertz CT molecular complexity index is 1170. The van der Waals surface area contributed by atoms with Gasteiger partial charge in [-0.25, -0.2) is 4.98 Å². The summed E-state index contributed by atoms with van der Waals surface area (Å²) in [7, 11) is 0. The summed E-state index contributed by atoms with van der Waals surface area (Å²) in [5.74, 6) is -0.280. The smallest absolute Gasteiger partial charge is 0.393 e. The molecule has 2 N–H and O–H groups in total. The van der Waals surface area contributed by atoms with Crippen molar-refractivity contribution in [1.29, 1.82) is 0 Å². The Morgan fingerprint density at radius 1 is 1.19 bits per heavy atom.